The van der Waals surface area contributed by atoms with Crippen molar-refractivity contribution in [1.29, 1.82) is 0 Å². The van der Waals surface area contributed by atoms with Crippen LogP contribution in [-0.2, 0) is 49.3 Å². The molecule has 0 spiro atoms. The normalized spacial score (nSPS) is 38.1. The number of hydrogen-bond donors (Lipinski definition) is 1. The van der Waals surface area contributed by atoms with Gasteiger partial charge in [0.2, 0.25) is 0 Å². The quantitative estimate of drug-likeness (QED) is 0.195. The highest BCUT2D eigenvalue weighted by molar-refractivity contribution is 5.68. The van der Waals surface area contributed by atoms with Crippen molar-refractivity contribution in [1.82, 2.24) is 0 Å². The third kappa shape index (κ3) is 6.42. The van der Waals surface area contributed by atoms with Gasteiger partial charge in [-0.3, -0.25) is 19.2 Å². The molecule has 0 radical (unpaired) electrons. The summed E-state index contributed by atoms with van der Waals surface area (Å²) in [7, 11) is 0. The van der Waals surface area contributed by atoms with Gasteiger partial charge in [0, 0.05) is 44.9 Å². The fourth-order valence-electron chi connectivity index (χ4n) is 10.8. The minimum Gasteiger partial charge on any atom is -0.462 e. The van der Waals surface area contributed by atoms with E-state index in [2.05, 4.69) is 25.1 Å². The summed E-state index contributed by atoms with van der Waals surface area (Å²) >= 11 is 0. The highest BCUT2D eigenvalue weighted by Gasteiger charge is 2.76. The number of aliphatic hydroxyl groups is 1. The number of rotatable bonds is 9. The Morgan fingerprint density at radius 3 is 2.24 bits per heavy atom. The zero-order valence-corrected chi connectivity index (χ0v) is 30.7. The van der Waals surface area contributed by atoms with Crippen LogP contribution in [0.2, 0.25) is 0 Å². The van der Waals surface area contributed by atoms with E-state index in [0.717, 1.165) is 12.0 Å². The van der Waals surface area contributed by atoms with Crippen molar-refractivity contribution in [3.05, 3.63) is 59.7 Å². The van der Waals surface area contributed by atoms with E-state index in [-0.39, 0.29) is 13.2 Å². The second kappa shape index (κ2) is 14.3. The largest absolute Gasteiger partial charge is 0.462 e. The summed E-state index contributed by atoms with van der Waals surface area (Å²) in [6, 6.07) is 10.1. The van der Waals surface area contributed by atoms with E-state index in [1.807, 2.05) is 44.2 Å². The van der Waals surface area contributed by atoms with Crippen LogP contribution >= 0.6 is 0 Å². The Labute approximate surface area is 295 Å². The number of hydrogen-bond acceptors (Lipinski definition) is 10. The van der Waals surface area contributed by atoms with E-state index in [1.54, 1.807) is 6.92 Å². The standard InChI is InChI=1S/C40H54O10/c1-24-22-33(48-27(4)42)38(8)32(40(24,45)19-12-16-30-14-10-9-11-15-30)18-20-37(7)31-17-13-21-46-23-39(31,25(2)47-26(3)41)36(50-29(6)44)34(35(37)38)49-28(5)43/h9-11,13-15,17,22,25,31-36,45H,12,16,18-21,23H2,1-8H3/t25?,31?,32?,33-,34+,35?,36+,37+,38-,39-,40+/m1/s1. The summed E-state index contributed by atoms with van der Waals surface area (Å²) in [5.41, 5.74) is -2.21. The van der Waals surface area contributed by atoms with Crippen molar-refractivity contribution in [2.24, 2.45) is 34.0 Å². The monoisotopic (exact) mass is 694 g/mol. The van der Waals surface area contributed by atoms with Crippen molar-refractivity contribution < 1.29 is 48.0 Å². The molecule has 1 aromatic carbocycles. The fourth-order valence-corrected chi connectivity index (χ4v) is 10.8. The van der Waals surface area contributed by atoms with Gasteiger partial charge in [-0.2, -0.15) is 0 Å². The molecular weight excluding hydrogens is 640 g/mol. The van der Waals surface area contributed by atoms with Gasteiger partial charge in [-0.1, -0.05) is 56.3 Å². The number of ether oxygens (including phenoxy) is 5. The van der Waals surface area contributed by atoms with Gasteiger partial charge in [-0.05, 0) is 74.5 Å². The molecule has 1 N–H and O–H groups in total. The topological polar surface area (TPSA) is 135 Å². The SMILES string of the molecule is CC(=O)OC(C)[C@]12COCC=CC1[C@]1(C)CCC3[C@@](C)(C1[C@H](OC(C)=O)[C@@H]2OC(C)=O)[C@H](OC(C)=O)C=C(C)[C@@]3(O)CCCc1ccccc1. The fraction of sp³-hybridized carbons (Fsp3) is 0.650. The summed E-state index contributed by atoms with van der Waals surface area (Å²) in [6.07, 6.45) is 5.22. The molecule has 2 saturated carbocycles. The van der Waals surface area contributed by atoms with Gasteiger partial charge >= 0.3 is 23.9 Å². The highest BCUT2D eigenvalue weighted by Crippen LogP contribution is 2.72. The van der Waals surface area contributed by atoms with Gasteiger partial charge in [-0.15, -0.1) is 0 Å². The first kappa shape index (κ1) is 37.7. The third-order valence-electron chi connectivity index (χ3n) is 12.6. The third-order valence-corrected chi connectivity index (χ3v) is 12.6. The highest BCUT2D eigenvalue weighted by atomic mass is 16.6. The molecule has 4 unspecified atom stereocenters. The molecule has 3 aliphatic carbocycles. The number of fused-ring (bicyclic) bond motifs is 5. The number of carbonyl (C=O) groups excluding carboxylic acids is 4. The number of allylic oxidation sites excluding steroid dienone is 1. The molecule has 0 aromatic heterocycles. The van der Waals surface area contributed by atoms with Crippen LogP contribution in [0.15, 0.2) is 54.1 Å². The molecule has 2 fully saturated rings. The molecule has 10 nitrogen and oxygen atoms in total. The first-order valence-corrected chi connectivity index (χ1v) is 17.9. The number of esters is 4. The zero-order valence-electron chi connectivity index (χ0n) is 30.7. The van der Waals surface area contributed by atoms with E-state index in [1.165, 1.54) is 33.3 Å². The van der Waals surface area contributed by atoms with E-state index in [9.17, 15) is 24.3 Å². The lowest BCUT2D eigenvalue weighted by atomic mass is 9.35. The Morgan fingerprint density at radius 1 is 0.960 bits per heavy atom. The summed E-state index contributed by atoms with van der Waals surface area (Å²) in [5.74, 6) is -3.57. The molecule has 1 aromatic rings. The lowest BCUT2D eigenvalue weighted by Gasteiger charge is -2.71. The molecule has 5 rings (SSSR count). The number of aryl methyl sites for hydroxylation is 1. The lowest BCUT2D eigenvalue weighted by molar-refractivity contribution is -0.304. The summed E-state index contributed by atoms with van der Waals surface area (Å²) in [6.45, 7) is 13.5. The summed E-state index contributed by atoms with van der Waals surface area (Å²) < 4.78 is 30.8. The molecular formula is C40H54O10. The molecule has 274 valence electrons. The maximum atomic E-state index is 13.1. The van der Waals surface area contributed by atoms with Crippen LogP contribution in [-0.4, -0.2) is 72.2 Å². The van der Waals surface area contributed by atoms with E-state index >= 15 is 0 Å². The first-order chi connectivity index (χ1) is 23.5. The van der Waals surface area contributed by atoms with Gasteiger partial charge in [-0.25, -0.2) is 0 Å². The van der Waals surface area contributed by atoms with Crippen LogP contribution in [0.25, 0.3) is 0 Å². The zero-order chi connectivity index (χ0) is 36.6. The smallest absolute Gasteiger partial charge is 0.303 e. The molecule has 1 aliphatic heterocycles. The Balaban J connectivity index is 1.73. The van der Waals surface area contributed by atoms with Crippen molar-refractivity contribution in [2.45, 2.75) is 118 Å². The van der Waals surface area contributed by atoms with Crippen molar-refractivity contribution in [2.75, 3.05) is 13.2 Å². The summed E-state index contributed by atoms with van der Waals surface area (Å²) in [5, 5.41) is 12.9. The van der Waals surface area contributed by atoms with Crippen LogP contribution in [0, 0.1) is 34.0 Å². The van der Waals surface area contributed by atoms with Crippen molar-refractivity contribution in [3.8, 4) is 0 Å². The predicted octanol–water partition coefficient (Wildman–Crippen LogP) is 5.69. The Kier molecular flexibility index (Phi) is 10.8. The summed E-state index contributed by atoms with van der Waals surface area (Å²) in [4.78, 5) is 51.5. The first-order valence-electron chi connectivity index (χ1n) is 17.9. The van der Waals surface area contributed by atoms with E-state index < -0.39 is 87.9 Å². The van der Waals surface area contributed by atoms with Gasteiger partial charge in [0.25, 0.3) is 0 Å². The maximum Gasteiger partial charge on any atom is 0.303 e. The Hall–Kier alpha value is -3.50. The second-order valence-corrected chi connectivity index (χ2v) is 15.5. The molecule has 1 heterocycles. The molecule has 0 saturated heterocycles. The van der Waals surface area contributed by atoms with Gasteiger partial charge in [0.1, 0.15) is 18.3 Å². The average molecular weight is 695 g/mol. The lowest BCUT2D eigenvalue weighted by Crippen LogP contribution is -2.76. The minimum absolute atomic E-state index is 0.0626. The van der Waals surface area contributed by atoms with Crippen LogP contribution in [0.3, 0.4) is 0 Å². The predicted molar refractivity (Wildman–Crippen MR) is 184 cm³/mol. The maximum absolute atomic E-state index is 13.1. The van der Waals surface area contributed by atoms with Crippen molar-refractivity contribution in [3.63, 3.8) is 0 Å². The van der Waals surface area contributed by atoms with Gasteiger partial charge < -0.3 is 28.8 Å². The molecule has 10 heteroatoms. The Morgan fingerprint density at radius 2 is 1.62 bits per heavy atom. The molecule has 0 bridgehead atoms. The van der Waals surface area contributed by atoms with Crippen LogP contribution in [0.1, 0.15) is 86.6 Å². The number of carbonyl (C=O) groups is 4. The van der Waals surface area contributed by atoms with Crippen molar-refractivity contribution >= 4 is 23.9 Å². The second-order valence-electron chi connectivity index (χ2n) is 15.5. The van der Waals surface area contributed by atoms with Crippen LogP contribution in [0.4, 0.5) is 0 Å². The average Bonchev–Trinajstić information content (AvgIpc) is 3.26. The van der Waals surface area contributed by atoms with E-state index in [0.29, 0.717) is 25.7 Å². The number of benzene rings is 1. The molecule has 11 atom stereocenters. The minimum atomic E-state index is -1.26. The van der Waals surface area contributed by atoms with Gasteiger partial charge in [0.05, 0.1) is 24.2 Å². The Bertz CT molecular complexity index is 1520. The molecule has 50 heavy (non-hydrogen) atoms. The van der Waals surface area contributed by atoms with E-state index in [4.69, 9.17) is 23.7 Å². The van der Waals surface area contributed by atoms with Gasteiger partial charge in [0.15, 0.2) is 6.10 Å². The molecule has 4 aliphatic rings. The van der Waals surface area contributed by atoms with Crippen LogP contribution < -0.4 is 0 Å². The molecule has 0 amide bonds. The van der Waals surface area contributed by atoms with Crippen LogP contribution in [0.5, 0.6) is 0 Å².